The lowest BCUT2D eigenvalue weighted by Gasteiger charge is -1.73. The summed E-state index contributed by atoms with van der Waals surface area (Å²) in [5, 5.41) is 3.54. The molecule has 0 radical (unpaired) electrons. The summed E-state index contributed by atoms with van der Waals surface area (Å²) in [7, 11) is 0. The second-order valence-corrected chi connectivity index (χ2v) is 2.26. The molecule has 7 heavy (non-hydrogen) atoms. The number of rotatable bonds is 0. The summed E-state index contributed by atoms with van der Waals surface area (Å²) in [6.07, 6.45) is 1.70. The Bertz CT molecular complexity index is 144. The smallest absolute Gasteiger partial charge is 0.199 e. The van der Waals surface area contributed by atoms with Crippen molar-refractivity contribution in [2.45, 2.75) is 6.92 Å². The van der Waals surface area contributed by atoms with Gasteiger partial charge in [-0.25, -0.2) is 0 Å². The van der Waals surface area contributed by atoms with Gasteiger partial charge in [-0.15, -0.1) is 0 Å². The third-order valence-corrected chi connectivity index (χ3v) is 1.74. The van der Waals surface area contributed by atoms with Crippen molar-refractivity contribution in [2.24, 2.45) is 0 Å². The van der Waals surface area contributed by atoms with Gasteiger partial charge in [0, 0.05) is 28.2 Å². The van der Waals surface area contributed by atoms with E-state index in [-0.39, 0.29) is 0 Å². The fourth-order valence-electron chi connectivity index (χ4n) is 0.274. The Kier molecular flexibility index (Phi) is 1.32. The molecule has 0 fully saturated rings. The molecule has 38 valence electrons. The van der Waals surface area contributed by atoms with Crippen LogP contribution in [0.5, 0.6) is 0 Å². The van der Waals surface area contributed by atoms with Gasteiger partial charge in [0.05, 0.1) is 6.20 Å². The third-order valence-electron chi connectivity index (χ3n) is 0.689. The molecule has 0 aliphatic rings. The highest BCUT2D eigenvalue weighted by molar-refractivity contribution is 14.1. The molecule has 3 heteroatoms. The Balaban J connectivity index is 3.12. The Morgan fingerprint density at radius 2 is 2.57 bits per heavy atom. The second kappa shape index (κ2) is 1.81. The zero-order chi connectivity index (χ0) is 5.28. The molecule has 0 aromatic carbocycles. The topological polar surface area (TPSA) is 26.0 Å². The Morgan fingerprint density at radius 1 is 1.86 bits per heavy atom. The van der Waals surface area contributed by atoms with E-state index in [0.717, 1.165) is 9.33 Å². The summed E-state index contributed by atoms with van der Waals surface area (Å²) < 4.78 is 5.57. The zero-order valence-electron chi connectivity index (χ0n) is 3.81. The molecule has 0 atom stereocenters. The summed E-state index contributed by atoms with van der Waals surface area (Å²) in [6, 6.07) is 0. The molecule has 0 saturated carbocycles. The maximum absolute atomic E-state index is 4.70. The molecule has 2 nitrogen and oxygen atoms in total. The van der Waals surface area contributed by atoms with Crippen LogP contribution in [0, 0.1) is 10.7 Å². The number of halogens is 1. The molecule has 0 saturated heterocycles. The molecular weight excluding hydrogens is 205 g/mol. The molecule has 0 unspecified atom stereocenters. The fraction of sp³-hybridized carbons (Fsp3) is 0.250. The number of nitrogens with zero attached hydrogens (tertiary/aromatic N) is 1. The largest absolute Gasteiger partial charge is 0.350 e. The van der Waals surface area contributed by atoms with Gasteiger partial charge in [-0.3, -0.25) is 0 Å². The van der Waals surface area contributed by atoms with E-state index in [1.807, 2.05) is 6.92 Å². The van der Waals surface area contributed by atoms with Gasteiger partial charge in [-0.2, -0.15) is 0 Å². The van der Waals surface area contributed by atoms with Crippen LogP contribution in [0.1, 0.15) is 5.56 Å². The van der Waals surface area contributed by atoms with E-state index in [1.165, 1.54) is 0 Å². The highest BCUT2D eigenvalue weighted by atomic mass is 127. The van der Waals surface area contributed by atoms with Crippen molar-refractivity contribution in [1.29, 1.82) is 0 Å². The van der Waals surface area contributed by atoms with Crippen molar-refractivity contribution < 1.29 is 4.52 Å². The highest BCUT2D eigenvalue weighted by Crippen LogP contribution is 2.07. The summed E-state index contributed by atoms with van der Waals surface area (Å²) in [6.45, 7) is 1.96. The number of hydrogen-bond donors (Lipinski definition) is 0. The molecule has 0 bridgehead atoms. The van der Waals surface area contributed by atoms with Crippen LogP contribution in [0.3, 0.4) is 0 Å². The average molecular weight is 209 g/mol. The minimum absolute atomic E-state index is 0.873. The maximum atomic E-state index is 4.70. The molecule has 1 heterocycles. The Hall–Kier alpha value is -0.0600. The van der Waals surface area contributed by atoms with Gasteiger partial charge in [0.2, 0.25) is 0 Å². The van der Waals surface area contributed by atoms with Gasteiger partial charge < -0.3 is 4.52 Å². The first-order valence-electron chi connectivity index (χ1n) is 1.87. The van der Waals surface area contributed by atoms with E-state index in [2.05, 4.69) is 27.7 Å². The Morgan fingerprint density at radius 3 is 2.71 bits per heavy atom. The maximum Gasteiger partial charge on any atom is 0.199 e. The monoisotopic (exact) mass is 209 g/mol. The van der Waals surface area contributed by atoms with Crippen molar-refractivity contribution in [2.75, 3.05) is 0 Å². The lowest BCUT2D eigenvalue weighted by Crippen LogP contribution is -1.62. The normalized spacial score (nSPS) is 9.43. The standard InChI is InChI=1S/C4H4INO/c1-3-2-6-7-4(3)5/h2H,1H3. The van der Waals surface area contributed by atoms with Gasteiger partial charge in [-0.05, 0) is 6.92 Å². The van der Waals surface area contributed by atoms with E-state index in [4.69, 9.17) is 4.52 Å². The zero-order valence-corrected chi connectivity index (χ0v) is 5.97. The summed E-state index contributed by atoms with van der Waals surface area (Å²) in [5.41, 5.74) is 1.10. The van der Waals surface area contributed by atoms with Crippen LogP contribution in [-0.4, -0.2) is 5.16 Å². The molecule has 0 amide bonds. The van der Waals surface area contributed by atoms with Gasteiger partial charge in [0.15, 0.2) is 3.77 Å². The molecular formula is C4H4INO. The molecule has 0 spiro atoms. The van der Waals surface area contributed by atoms with E-state index >= 15 is 0 Å². The van der Waals surface area contributed by atoms with Crippen molar-refractivity contribution in [3.05, 3.63) is 15.5 Å². The Labute approximate surface area is 55.0 Å². The van der Waals surface area contributed by atoms with Crippen LogP contribution >= 0.6 is 22.6 Å². The molecule has 1 aromatic heterocycles. The molecule has 0 aliphatic heterocycles. The predicted molar refractivity (Wildman–Crippen MR) is 34.0 cm³/mol. The van der Waals surface area contributed by atoms with Crippen molar-refractivity contribution in [3.8, 4) is 0 Å². The fourth-order valence-corrected chi connectivity index (χ4v) is 0.527. The molecule has 1 rings (SSSR count). The summed E-state index contributed by atoms with van der Waals surface area (Å²) in [5.74, 6) is 0. The van der Waals surface area contributed by atoms with Crippen LogP contribution < -0.4 is 0 Å². The van der Waals surface area contributed by atoms with Gasteiger partial charge in [-0.1, -0.05) is 5.16 Å². The first-order valence-corrected chi connectivity index (χ1v) is 2.95. The van der Waals surface area contributed by atoms with Crippen LogP contribution in [0.2, 0.25) is 0 Å². The van der Waals surface area contributed by atoms with Crippen LogP contribution in [0.25, 0.3) is 0 Å². The number of aromatic nitrogens is 1. The van der Waals surface area contributed by atoms with Crippen molar-refractivity contribution >= 4 is 22.6 Å². The minimum atomic E-state index is 0.873. The molecule has 0 aliphatic carbocycles. The first kappa shape index (κ1) is 5.08. The number of hydrogen-bond acceptors (Lipinski definition) is 2. The lowest BCUT2D eigenvalue weighted by molar-refractivity contribution is 0.397. The van der Waals surface area contributed by atoms with Crippen LogP contribution in [0.4, 0.5) is 0 Å². The highest BCUT2D eigenvalue weighted by Gasteiger charge is 1.93. The first-order chi connectivity index (χ1) is 3.30. The van der Waals surface area contributed by atoms with E-state index in [0.29, 0.717) is 0 Å². The van der Waals surface area contributed by atoms with E-state index in [9.17, 15) is 0 Å². The van der Waals surface area contributed by atoms with E-state index < -0.39 is 0 Å². The number of aryl methyl sites for hydroxylation is 1. The van der Waals surface area contributed by atoms with Crippen LogP contribution in [-0.2, 0) is 0 Å². The SMILES string of the molecule is Cc1cnoc1I. The van der Waals surface area contributed by atoms with E-state index in [1.54, 1.807) is 6.20 Å². The van der Waals surface area contributed by atoms with Gasteiger partial charge >= 0.3 is 0 Å². The predicted octanol–water partition coefficient (Wildman–Crippen LogP) is 1.59. The minimum Gasteiger partial charge on any atom is -0.350 e. The van der Waals surface area contributed by atoms with Gasteiger partial charge in [0.25, 0.3) is 0 Å². The molecule has 0 N–H and O–H groups in total. The average Bonchev–Trinajstić information content (AvgIpc) is 1.91. The van der Waals surface area contributed by atoms with Crippen LogP contribution in [0.15, 0.2) is 10.7 Å². The molecule has 1 aromatic rings. The summed E-state index contributed by atoms with van der Waals surface area (Å²) in [4.78, 5) is 0. The van der Waals surface area contributed by atoms with Crippen molar-refractivity contribution in [1.82, 2.24) is 5.16 Å². The quantitative estimate of drug-likeness (QED) is 0.606. The summed E-state index contributed by atoms with van der Waals surface area (Å²) >= 11 is 2.09. The second-order valence-electron chi connectivity index (χ2n) is 1.28. The lowest BCUT2D eigenvalue weighted by atomic mass is 10.4. The van der Waals surface area contributed by atoms with Crippen molar-refractivity contribution in [3.63, 3.8) is 0 Å². The third kappa shape index (κ3) is 0.933. The van der Waals surface area contributed by atoms with Gasteiger partial charge in [0.1, 0.15) is 0 Å².